The summed E-state index contributed by atoms with van der Waals surface area (Å²) in [5, 5.41) is -0.458. The first-order chi connectivity index (χ1) is 10.9. The second-order valence-corrected chi connectivity index (χ2v) is 13.5. The van der Waals surface area contributed by atoms with Crippen LogP contribution in [-0.4, -0.2) is 7.38 Å². The summed E-state index contributed by atoms with van der Waals surface area (Å²) in [5.41, 5.74) is 2.57. The summed E-state index contributed by atoms with van der Waals surface area (Å²) in [5.74, 6) is -0.921. The molecule has 1 heterocycles. The lowest BCUT2D eigenvalue weighted by Gasteiger charge is -2.30. The SMILES string of the molecule is C[Si]1(Cl)CCC(c2ccc(-c3cc(F)c(Cl)c(F)c3)cc2)CC1. The number of hydrogen-bond acceptors (Lipinski definition) is 0. The molecule has 0 aromatic heterocycles. The molecule has 0 radical (unpaired) electrons. The Morgan fingerprint density at radius 2 is 1.48 bits per heavy atom. The molecule has 0 N–H and O–H groups in total. The lowest BCUT2D eigenvalue weighted by molar-refractivity contribution is 0.585. The van der Waals surface area contributed by atoms with Gasteiger partial charge >= 0.3 is 0 Å². The fourth-order valence-corrected chi connectivity index (χ4v) is 6.14. The van der Waals surface area contributed by atoms with Gasteiger partial charge in [0, 0.05) is 0 Å². The van der Waals surface area contributed by atoms with Crippen LogP contribution in [0, 0.1) is 11.6 Å². The predicted molar refractivity (Wildman–Crippen MR) is 95.9 cm³/mol. The molecule has 1 aliphatic heterocycles. The molecule has 122 valence electrons. The highest BCUT2D eigenvalue weighted by atomic mass is 35.6. The average molecular weight is 371 g/mol. The number of hydrogen-bond donors (Lipinski definition) is 0. The summed E-state index contributed by atoms with van der Waals surface area (Å²) < 4.78 is 27.2. The highest BCUT2D eigenvalue weighted by Crippen LogP contribution is 2.40. The molecule has 3 rings (SSSR count). The second-order valence-electron chi connectivity index (χ2n) is 6.56. The van der Waals surface area contributed by atoms with E-state index in [1.54, 1.807) is 0 Å². The smallest absolute Gasteiger partial charge is 0.153 e. The first-order valence-corrected chi connectivity index (χ1v) is 12.1. The van der Waals surface area contributed by atoms with Crippen LogP contribution in [0.1, 0.15) is 24.3 Å². The van der Waals surface area contributed by atoms with Gasteiger partial charge < -0.3 is 0 Å². The number of rotatable bonds is 2. The van der Waals surface area contributed by atoms with Gasteiger partial charge in [-0.3, -0.25) is 0 Å². The Labute approximate surface area is 146 Å². The van der Waals surface area contributed by atoms with Crippen molar-refractivity contribution in [3.63, 3.8) is 0 Å². The van der Waals surface area contributed by atoms with Crippen LogP contribution in [0.4, 0.5) is 8.78 Å². The summed E-state index contributed by atoms with van der Waals surface area (Å²) >= 11 is 12.1. The van der Waals surface area contributed by atoms with Crippen LogP contribution in [0.5, 0.6) is 0 Å². The molecule has 0 amide bonds. The van der Waals surface area contributed by atoms with Crippen LogP contribution in [0.2, 0.25) is 23.7 Å². The van der Waals surface area contributed by atoms with Gasteiger partial charge in [-0.05, 0) is 59.7 Å². The lowest BCUT2D eigenvalue weighted by atomic mass is 9.92. The van der Waals surface area contributed by atoms with E-state index in [9.17, 15) is 8.78 Å². The molecule has 0 unspecified atom stereocenters. The van der Waals surface area contributed by atoms with Crippen molar-refractivity contribution in [3.8, 4) is 11.1 Å². The van der Waals surface area contributed by atoms with E-state index >= 15 is 0 Å². The van der Waals surface area contributed by atoms with E-state index in [4.69, 9.17) is 22.7 Å². The molecule has 0 aliphatic carbocycles. The Bertz CT molecular complexity index is 680. The van der Waals surface area contributed by atoms with Crippen molar-refractivity contribution >= 4 is 30.1 Å². The quantitative estimate of drug-likeness (QED) is 0.304. The summed E-state index contributed by atoms with van der Waals surface area (Å²) in [7, 11) is -1.47. The van der Waals surface area contributed by atoms with Gasteiger partial charge in [0.15, 0.2) is 7.38 Å². The van der Waals surface area contributed by atoms with Crippen molar-refractivity contribution in [2.45, 2.75) is 37.4 Å². The minimum absolute atomic E-state index is 0.458. The van der Waals surface area contributed by atoms with Crippen LogP contribution < -0.4 is 0 Å². The molecule has 1 aliphatic rings. The minimum atomic E-state index is -1.47. The van der Waals surface area contributed by atoms with E-state index in [-0.39, 0.29) is 0 Å². The van der Waals surface area contributed by atoms with Gasteiger partial charge in [-0.15, -0.1) is 0 Å². The standard InChI is InChI=1S/C18H18Cl2F2Si/c1-23(20)8-6-14(7-9-23)12-2-4-13(5-3-12)15-10-16(21)18(19)17(22)11-15/h2-5,10-11,14H,6-9H2,1H3. The highest BCUT2D eigenvalue weighted by molar-refractivity contribution is 7.19. The molecule has 23 heavy (non-hydrogen) atoms. The van der Waals surface area contributed by atoms with Crippen LogP contribution >= 0.6 is 22.7 Å². The van der Waals surface area contributed by atoms with Crippen molar-refractivity contribution in [1.29, 1.82) is 0 Å². The molecule has 0 saturated carbocycles. The zero-order chi connectivity index (χ0) is 16.6. The highest BCUT2D eigenvalue weighted by Gasteiger charge is 2.31. The van der Waals surface area contributed by atoms with Crippen LogP contribution in [0.3, 0.4) is 0 Å². The molecule has 1 saturated heterocycles. The van der Waals surface area contributed by atoms with Gasteiger partial charge in [-0.1, -0.05) is 42.4 Å². The molecule has 0 nitrogen and oxygen atoms in total. The van der Waals surface area contributed by atoms with Gasteiger partial charge in [0.2, 0.25) is 0 Å². The van der Waals surface area contributed by atoms with Crippen molar-refractivity contribution in [3.05, 3.63) is 58.6 Å². The van der Waals surface area contributed by atoms with Gasteiger partial charge in [-0.25, -0.2) is 8.78 Å². The molecule has 0 spiro atoms. The normalized spacial score (nSPS) is 24.7. The van der Waals surface area contributed by atoms with Gasteiger partial charge in [0.25, 0.3) is 0 Å². The van der Waals surface area contributed by atoms with Gasteiger partial charge in [0.1, 0.15) is 16.7 Å². The van der Waals surface area contributed by atoms with E-state index in [1.807, 2.05) is 12.1 Å². The maximum absolute atomic E-state index is 13.6. The summed E-state index contributed by atoms with van der Waals surface area (Å²) in [6.07, 6.45) is 2.27. The van der Waals surface area contributed by atoms with E-state index in [2.05, 4.69) is 18.7 Å². The zero-order valence-corrected chi connectivity index (χ0v) is 15.4. The van der Waals surface area contributed by atoms with Crippen LogP contribution in [0.15, 0.2) is 36.4 Å². The maximum atomic E-state index is 13.6. The third-order valence-corrected chi connectivity index (χ3v) is 8.88. The Morgan fingerprint density at radius 1 is 0.957 bits per heavy atom. The molecule has 0 bridgehead atoms. The summed E-state index contributed by atoms with van der Waals surface area (Å²) in [4.78, 5) is 0. The van der Waals surface area contributed by atoms with E-state index in [1.165, 1.54) is 17.7 Å². The third kappa shape index (κ3) is 3.78. The largest absolute Gasteiger partial charge is 0.205 e. The first kappa shape index (κ1) is 16.9. The van der Waals surface area contributed by atoms with E-state index in [0.29, 0.717) is 11.5 Å². The fraction of sp³-hybridized carbons (Fsp3) is 0.333. The third-order valence-electron chi connectivity index (χ3n) is 4.73. The molecule has 1 fully saturated rings. The van der Waals surface area contributed by atoms with Gasteiger partial charge in [-0.2, -0.15) is 11.1 Å². The lowest BCUT2D eigenvalue weighted by Crippen LogP contribution is -2.27. The van der Waals surface area contributed by atoms with Crippen molar-refractivity contribution in [2.24, 2.45) is 0 Å². The van der Waals surface area contributed by atoms with Crippen molar-refractivity contribution in [1.82, 2.24) is 0 Å². The van der Waals surface area contributed by atoms with Crippen molar-refractivity contribution < 1.29 is 8.78 Å². The first-order valence-electron chi connectivity index (χ1n) is 7.79. The average Bonchev–Trinajstić information content (AvgIpc) is 2.52. The fourth-order valence-electron chi connectivity index (χ4n) is 3.22. The zero-order valence-electron chi connectivity index (χ0n) is 12.9. The van der Waals surface area contributed by atoms with Gasteiger partial charge in [0.05, 0.1) is 0 Å². The Kier molecular flexibility index (Phi) is 4.82. The molecule has 2 aromatic rings. The molecular weight excluding hydrogens is 353 g/mol. The minimum Gasteiger partial charge on any atom is -0.205 e. The monoisotopic (exact) mass is 370 g/mol. The number of halogens is 4. The topological polar surface area (TPSA) is 0 Å². The summed E-state index contributed by atoms with van der Waals surface area (Å²) in [6.45, 7) is 2.23. The van der Waals surface area contributed by atoms with Crippen LogP contribution in [0.25, 0.3) is 11.1 Å². The maximum Gasteiger partial charge on any atom is 0.153 e. The van der Waals surface area contributed by atoms with E-state index < -0.39 is 24.0 Å². The number of benzene rings is 2. The molecule has 0 atom stereocenters. The second kappa shape index (κ2) is 6.54. The Morgan fingerprint density at radius 3 is 2.00 bits per heavy atom. The van der Waals surface area contributed by atoms with Crippen LogP contribution in [-0.2, 0) is 0 Å². The Balaban J connectivity index is 1.80. The summed E-state index contributed by atoms with van der Waals surface area (Å²) in [6, 6.07) is 12.8. The molecular formula is C18H18Cl2F2Si. The Hall–Kier alpha value is -0.903. The van der Waals surface area contributed by atoms with E-state index in [0.717, 1.165) is 30.5 Å². The molecule has 5 heteroatoms. The predicted octanol–water partition coefficient (Wildman–Crippen LogP) is 6.98. The molecule has 2 aromatic carbocycles. The van der Waals surface area contributed by atoms with Crippen molar-refractivity contribution in [2.75, 3.05) is 0 Å².